The normalized spacial score (nSPS) is 14.1. The molecule has 0 aliphatic rings. The van der Waals surface area contributed by atoms with Crippen LogP contribution >= 0.6 is 0 Å². The maximum absolute atomic E-state index is 12.4. The van der Waals surface area contributed by atoms with E-state index in [1.165, 1.54) is 0 Å². The van der Waals surface area contributed by atoms with Gasteiger partial charge in [0.1, 0.15) is 12.4 Å². The minimum Gasteiger partial charge on any atom is -0.366 e. The largest absolute Gasteiger partial charge is 0.366 e. The number of hydrogen-bond donors (Lipinski definition) is 1. The Balaban J connectivity index is 4.50. The third-order valence-corrected chi connectivity index (χ3v) is 3.05. The summed E-state index contributed by atoms with van der Waals surface area (Å²) in [5.41, 5.74) is -0.720. The minimum atomic E-state index is -0.383. The number of rotatable bonds is 7. The first-order valence-electron chi connectivity index (χ1n) is 7.78. The number of carbonyl (C=O) groups excluding carboxylic acids is 2. The van der Waals surface area contributed by atoms with Crippen LogP contribution in [0.25, 0.3) is 0 Å². The number of Topliss-reactive ketones (excluding diaryl/α,β-unsaturated/α-hetero) is 1. The summed E-state index contributed by atoms with van der Waals surface area (Å²) in [4.78, 5) is 24.3. The van der Waals surface area contributed by atoms with Crippen molar-refractivity contribution in [1.29, 1.82) is 0 Å². The molecule has 0 aromatic rings. The lowest BCUT2D eigenvalue weighted by Gasteiger charge is -2.26. The zero-order valence-corrected chi connectivity index (χ0v) is 15.0. The van der Waals surface area contributed by atoms with Gasteiger partial charge < -0.3 is 10.1 Å². The van der Waals surface area contributed by atoms with E-state index in [1.54, 1.807) is 0 Å². The molecule has 0 aliphatic carbocycles. The van der Waals surface area contributed by atoms with Crippen molar-refractivity contribution in [2.75, 3.05) is 13.2 Å². The summed E-state index contributed by atoms with van der Waals surface area (Å²) in [6.07, 6.45) is 0.788. The third kappa shape index (κ3) is 9.62. The van der Waals surface area contributed by atoms with Crippen molar-refractivity contribution < 1.29 is 14.3 Å². The zero-order valence-electron chi connectivity index (χ0n) is 15.0. The Morgan fingerprint density at radius 1 is 1.05 bits per heavy atom. The van der Waals surface area contributed by atoms with Gasteiger partial charge in [-0.2, -0.15) is 0 Å². The fourth-order valence-electron chi connectivity index (χ4n) is 2.03. The molecule has 0 spiro atoms. The van der Waals surface area contributed by atoms with Crippen LogP contribution in [0.3, 0.4) is 0 Å². The predicted molar refractivity (Wildman–Crippen MR) is 86.1 cm³/mol. The lowest BCUT2D eigenvalue weighted by Crippen LogP contribution is -2.40. The average molecular weight is 299 g/mol. The molecule has 0 heterocycles. The summed E-state index contributed by atoms with van der Waals surface area (Å²) in [6.45, 7) is 16.1. The Morgan fingerprint density at radius 2 is 1.57 bits per heavy atom. The van der Waals surface area contributed by atoms with E-state index < -0.39 is 0 Å². The smallest absolute Gasteiger partial charge is 0.246 e. The van der Waals surface area contributed by atoms with Crippen LogP contribution in [0.5, 0.6) is 0 Å². The van der Waals surface area contributed by atoms with Gasteiger partial charge in [-0.25, -0.2) is 0 Å². The number of carbonyl (C=O) groups is 2. The highest BCUT2D eigenvalue weighted by Crippen LogP contribution is 2.24. The molecule has 124 valence electrons. The Bertz CT molecular complexity index is 348. The molecular weight excluding hydrogens is 266 g/mol. The number of hydrogen-bond acceptors (Lipinski definition) is 3. The van der Waals surface area contributed by atoms with Gasteiger partial charge in [0, 0.05) is 17.9 Å². The van der Waals surface area contributed by atoms with Crippen LogP contribution in [-0.2, 0) is 14.3 Å². The molecule has 0 saturated heterocycles. The van der Waals surface area contributed by atoms with Gasteiger partial charge in [0.15, 0.2) is 0 Å². The van der Waals surface area contributed by atoms with Crippen molar-refractivity contribution in [3.63, 3.8) is 0 Å². The molecule has 0 fully saturated rings. The Morgan fingerprint density at radius 3 is 1.95 bits per heavy atom. The van der Waals surface area contributed by atoms with E-state index in [-0.39, 0.29) is 35.2 Å². The second kappa shape index (κ2) is 7.92. The number of ketones is 1. The molecule has 0 aliphatic heterocycles. The first-order chi connectivity index (χ1) is 9.33. The molecular formula is C17H33NO3. The van der Waals surface area contributed by atoms with Crippen LogP contribution in [0, 0.1) is 17.3 Å². The van der Waals surface area contributed by atoms with Gasteiger partial charge in [0.25, 0.3) is 0 Å². The topological polar surface area (TPSA) is 55.4 Å². The van der Waals surface area contributed by atoms with Gasteiger partial charge in [0.05, 0.1) is 5.60 Å². The molecule has 4 heteroatoms. The van der Waals surface area contributed by atoms with Gasteiger partial charge >= 0.3 is 0 Å². The average Bonchev–Trinajstić information content (AvgIpc) is 2.28. The molecule has 4 nitrogen and oxygen atoms in total. The monoisotopic (exact) mass is 299 g/mol. The molecule has 21 heavy (non-hydrogen) atoms. The maximum atomic E-state index is 12.4. The Hall–Kier alpha value is -0.900. The van der Waals surface area contributed by atoms with Crippen molar-refractivity contribution >= 4 is 11.7 Å². The number of amides is 1. The standard InChI is InChI=1S/C17H33NO3/c1-12(2)9-13(15(20)16(3,4)5)10-18-14(19)11-21-17(6,7)8/h12-13H,9-11H2,1-8H3,(H,18,19)/t13-/m1/s1. The van der Waals surface area contributed by atoms with Gasteiger partial charge in [-0.3, -0.25) is 9.59 Å². The Labute approximate surface area is 130 Å². The molecule has 0 bridgehead atoms. The molecule has 0 rings (SSSR count). The van der Waals surface area contributed by atoms with Crippen molar-refractivity contribution in [3.8, 4) is 0 Å². The number of nitrogens with one attached hydrogen (secondary N) is 1. The quantitative estimate of drug-likeness (QED) is 0.785. The Kier molecular flexibility index (Phi) is 7.58. The van der Waals surface area contributed by atoms with Crippen molar-refractivity contribution in [2.24, 2.45) is 17.3 Å². The van der Waals surface area contributed by atoms with E-state index in [9.17, 15) is 9.59 Å². The molecule has 1 atom stereocenters. The SMILES string of the molecule is CC(C)C[C@H](CNC(=O)COC(C)(C)C)C(=O)C(C)(C)C. The van der Waals surface area contributed by atoms with Crippen LogP contribution < -0.4 is 5.32 Å². The van der Waals surface area contributed by atoms with Crippen LogP contribution in [-0.4, -0.2) is 30.4 Å². The van der Waals surface area contributed by atoms with Crippen molar-refractivity contribution in [2.45, 2.75) is 67.4 Å². The van der Waals surface area contributed by atoms with Crippen molar-refractivity contribution in [1.82, 2.24) is 5.32 Å². The third-order valence-electron chi connectivity index (χ3n) is 3.05. The fourth-order valence-corrected chi connectivity index (χ4v) is 2.03. The maximum Gasteiger partial charge on any atom is 0.246 e. The summed E-state index contributed by atoms with van der Waals surface area (Å²) in [6, 6.07) is 0. The minimum absolute atomic E-state index is 0.0294. The highest BCUT2D eigenvalue weighted by Gasteiger charge is 2.30. The van der Waals surface area contributed by atoms with Gasteiger partial charge in [-0.05, 0) is 33.1 Å². The lowest BCUT2D eigenvalue weighted by atomic mass is 9.79. The molecule has 0 saturated carbocycles. The fraction of sp³-hybridized carbons (Fsp3) is 0.882. The summed E-state index contributed by atoms with van der Waals surface area (Å²) in [7, 11) is 0. The van der Waals surface area contributed by atoms with Crippen LogP contribution in [0.2, 0.25) is 0 Å². The summed E-state index contributed by atoms with van der Waals surface area (Å²) in [5.74, 6) is 0.321. The van der Waals surface area contributed by atoms with Crippen LogP contribution in [0.4, 0.5) is 0 Å². The van der Waals surface area contributed by atoms with Gasteiger partial charge in [-0.1, -0.05) is 34.6 Å². The summed E-state index contributed by atoms with van der Waals surface area (Å²) in [5, 5.41) is 2.83. The molecule has 0 radical (unpaired) electrons. The van der Waals surface area contributed by atoms with Gasteiger partial charge in [0.2, 0.25) is 5.91 Å². The van der Waals surface area contributed by atoms with Crippen LogP contribution in [0.15, 0.2) is 0 Å². The second-order valence-electron chi connectivity index (χ2n) is 8.15. The lowest BCUT2D eigenvalue weighted by molar-refractivity contribution is -0.133. The van der Waals surface area contributed by atoms with Crippen molar-refractivity contribution in [3.05, 3.63) is 0 Å². The first kappa shape index (κ1) is 20.1. The van der Waals surface area contributed by atoms with E-state index in [1.807, 2.05) is 41.5 Å². The molecule has 0 aromatic heterocycles. The zero-order chi connectivity index (χ0) is 16.8. The van der Waals surface area contributed by atoms with E-state index >= 15 is 0 Å². The molecule has 0 aromatic carbocycles. The predicted octanol–water partition coefficient (Wildman–Crippen LogP) is 3.20. The summed E-state index contributed by atoms with van der Waals surface area (Å²) >= 11 is 0. The van der Waals surface area contributed by atoms with E-state index in [2.05, 4.69) is 19.2 Å². The van der Waals surface area contributed by atoms with Crippen LogP contribution in [0.1, 0.15) is 61.8 Å². The second-order valence-corrected chi connectivity index (χ2v) is 8.15. The van der Waals surface area contributed by atoms with E-state index in [4.69, 9.17) is 4.74 Å². The number of ether oxygens (including phenoxy) is 1. The highest BCUT2D eigenvalue weighted by atomic mass is 16.5. The molecule has 1 amide bonds. The highest BCUT2D eigenvalue weighted by molar-refractivity contribution is 5.87. The van der Waals surface area contributed by atoms with E-state index in [0.717, 1.165) is 6.42 Å². The molecule has 1 N–H and O–H groups in total. The van der Waals surface area contributed by atoms with Gasteiger partial charge in [-0.15, -0.1) is 0 Å². The summed E-state index contributed by atoms with van der Waals surface area (Å²) < 4.78 is 5.44. The first-order valence-corrected chi connectivity index (χ1v) is 7.78. The molecule has 0 unspecified atom stereocenters. The van der Waals surface area contributed by atoms with E-state index in [0.29, 0.717) is 12.5 Å².